The van der Waals surface area contributed by atoms with Crippen LogP contribution in [0.2, 0.25) is 0 Å². The van der Waals surface area contributed by atoms with E-state index in [-0.39, 0.29) is 17.9 Å². The van der Waals surface area contributed by atoms with Crippen molar-refractivity contribution >= 4 is 11.9 Å². The van der Waals surface area contributed by atoms with Crippen LogP contribution in [0.4, 0.5) is 0 Å². The number of hydrogen-bond acceptors (Lipinski definition) is 5. The lowest BCUT2D eigenvalue weighted by molar-refractivity contribution is -0.145. The van der Waals surface area contributed by atoms with E-state index >= 15 is 0 Å². The number of ether oxygens (including phenoxy) is 2. The Hall–Kier alpha value is -1.10. The molecule has 5 heteroatoms. The summed E-state index contributed by atoms with van der Waals surface area (Å²) in [6.45, 7) is 5.09. The van der Waals surface area contributed by atoms with Gasteiger partial charge in [-0.1, -0.05) is 13.8 Å². The summed E-state index contributed by atoms with van der Waals surface area (Å²) in [4.78, 5) is 22.4. The summed E-state index contributed by atoms with van der Waals surface area (Å²) in [6.07, 6.45) is 3.04. The van der Waals surface area contributed by atoms with Crippen molar-refractivity contribution in [1.29, 1.82) is 0 Å². The molecular formula is C14H27NO4. The van der Waals surface area contributed by atoms with Gasteiger partial charge < -0.3 is 15.2 Å². The van der Waals surface area contributed by atoms with Crippen LogP contribution >= 0.6 is 0 Å². The highest BCUT2D eigenvalue weighted by molar-refractivity contribution is 5.70. The molecule has 0 aliphatic rings. The van der Waals surface area contributed by atoms with Gasteiger partial charge in [0, 0.05) is 12.8 Å². The summed E-state index contributed by atoms with van der Waals surface area (Å²) in [7, 11) is 1.37. The second-order valence-electron chi connectivity index (χ2n) is 5.19. The van der Waals surface area contributed by atoms with E-state index in [9.17, 15) is 9.59 Å². The molecule has 0 heterocycles. The van der Waals surface area contributed by atoms with Crippen molar-refractivity contribution in [3.8, 4) is 0 Å². The molecule has 0 aromatic carbocycles. The van der Waals surface area contributed by atoms with Gasteiger partial charge in [-0.15, -0.1) is 0 Å². The van der Waals surface area contributed by atoms with Crippen molar-refractivity contribution in [1.82, 2.24) is 0 Å². The monoisotopic (exact) mass is 273 g/mol. The summed E-state index contributed by atoms with van der Waals surface area (Å²) in [5.41, 5.74) is 5.64. The Labute approximate surface area is 115 Å². The maximum absolute atomic E-state index is 11.6. The van der Waals surface area contributed by atoms with Gasteiger partial charge in [0.1, 0.15) is 0 Å². The average molecular weight is 273 g/mol. The number of unbranched alkanes of at least 4 members (excludes halogenated alkanes) is 1. The first-order chi connectivity index (χ1) is 8.99. The van der Waals surface area contributed by atoms with Crippen LogP contribution in [0.15, 0.2) is 0 Å². The van der Waals surface area contributed by atoms with Crippen molar-refractivity contribution in [2.75, 3.05) is 20.3 Å². The molecule has 0 saturated heterocycles. The van der Waals surface area contributed by atoms with E-state index in [0.29, 0.717) is 44.8 Å². The number of nitrogens with two attached hydrogens (primary N) is 1. The van der Waals surface area contributed by atoms with Crippen molar-refractivity contribution in [2.45, 2.75) is 46.0 Å². The molecule has 0 amide bonds. The normalized spacial score (nSPS) is 12.3. The first kappa shape index (κ1) is 17.9. The quantitative estimate of drug-likeness (QED) is 0.485. The van der Waals surface area contributed by atoms with E-state index in [2.05, 4.69) is 18.6 Å². The second kappa shape index (κ2) is 10.8. The Morgan fingerprint density at radius 2 is 1.84 bits per heavy atom. The molecule has 0 aromatic heterocycles. The van der Waals surface area contributed by atoms with Gasteiger partial charge >= 0.3 is 11.9 Å². The standard InChI is InChI=1S/C14H27NO4/c1-11(2)8-12(10-15)9-14(17)19-7-5-4-6-13(16)18-3/h11-12H,4-10,15H2,1-3H3. The van der Waals surface area contributed by atoms with Crippen LogP contribution in [0, 0.1) is 11.8 Å². The summed E-state index contributed by atoms with van der Waals surface area (Å²) in [5.74, 6) is 0.296. The zero-order valence-electron chi connectivity index (χ0n) is 12.3. The van der Waals surface area contributed by atoms with Crippen molar-refractivity contribution < 1.29 is 19.1 Å². The topological polar surface area (TPSA) is 78.6 Å². The minimum absolute atomic E-state index is 0.197. The molecule has 0 rings (SSSR count). The first-order valence-electron chi connectivity index (χ1n) is 6.92. The maximum atomic E-state index is 11.6. The van der Waals surface area contributed by atoms with Gasteiger partial charge in [-0.25, -0.2) is 0 Å². The molecule has 0 fully saturated rings. The van der Waals surface area contributed by atoms with Gasteiger partial charge in [-0.3, -0.25) is 9.59 Å². The highest BCUT2D eigenvalue weighted by Crippen LogP contribution is 2.14. The largest absolute Gasteiger partial charge is 0.469 e. The number of methoxy groups -OCH3 is 1. The molecule has 0 aliphatic heterocycles. The van der Waals surface area contributed by atoms with Crippen LogP contribution in [0.3, 0.4) is 0 Å². The van der Waals surface area contributed by atoms with E-state index < -0.39 is 0 Å². The van der Waals surface area contributed by atoms with Crippen molar-refractivity contribution in [3.05, 3.63) is 0 Å². The van der Waals surface area contributed by atoms with E-state index in [1.165, 1.54) is 7.11 Å². The zero-order chi connectivity index (χ0) is 14.7. The lowest BCUT2D eigenvalue weighted by Crippen LogP contribution is -2.21. The molecule has 0 spiro atoms. The summed E-state index contributed by atoms with van der Waals surface area (Å²) in [6, 6.07) is 0. The molecule has 2 N–H and O–H groups in total. The fourth-order valence-corrected chi connectivity index (χ4v) is 1.88. The minimum atomic E-state index is -0.230. The third kappa shape index (κ3) is 10.5. The van der Waals surface area contributed by atoms with Gasteiger partial charge in [0.2, 0.25) is 0 Å². The number of hydrogen-bond donors (Lipinski definition) is 1. The van der Waals surface area contributed by atoms with Gasteiger partial charge in [-0.05, 0) is 37.6 Å². The molecular weight excluding hydrogens is 246 g/mol. The molecule has 1 atom stereocenters. The first-order valence-corrected chi connectivity index (χ1v) is 6.92. The lowest BCUT2D eigenvalue weighted by Gasteiger charge is -2.16. The SMILES string of the molecule is COC(=O)CCCCOC(=O)CC(CN)CC(C)C. The molecule has 0 saturated carbocycles. The Bertz CT molecular complexity index is 266. The predicted molar refractivity (Wildman–Crippen MR) is 73.4 cm³/mol. The third-order valence-electron chi connectivity index (χ3n) is 2.86. The van der Waals surface area contributed by atoms with E-state index in [1.807, 2.05) is 0 Å². The zero-order valence-corrected chi connectivity index (χ0v) is 12.3. The Morgan fingerprint density at radius 1 is 1.16 bits per heavy atom. The third-order valence-corrected chi connectivity index (χ3v) is 2.86. The van der Waals surface area contributed by atoms with Crippen LogP contribution in [0.1, 0.15) is 46.0 Å². The van der Waals surface area contributed by atoms with E-state index in [0.717, 1.165) is 6.42 Å². The van der Waals surface area contributed by atoms with Crippen LogP contribution in [0.25, 0.3) is 0 Å². The van der Waals surface area contributed by atoms with Crippen LogP contribution in [0.5, 0.6) is 0 Å². The second-order valence-corrected chi connectivity index (χ2v) is 5.19. The van der Waals surface area contributed by atoms with Crippen molar-refractivity contribution in [3.63, 3.8) is 0 Å². The van der Waals surface area contributed by atoms with Gasteiger partial charge in [0.15, 0.2) is 0 Å². The smallest absolute Gasteiger partial charge is 0.306 e. The summed E-state index contributed by atoms with van der Waals surface area (Å²) >= 11 is 0. The average Bonchev–Trinajstić information content (AvgIpc) is 2.36. The fraction of sp³-hybridized carbons (Fsp3) is 0.857. The summed E-state index contributed by atoms with van der Waals surface area (Å²) in [5, 5.41) is 0. The van der Waals surface area contributed by atoms with Crippen molar-refractivity contribution in [2.24, 2.45) is 17.6 Å². The lowest BCUT2D eigenvalue weighted by atomic mass is 9.94. The summed E-state index contributed by atoms with van der Waals surface area (Å²) < 4.78 is 9.65. The van der Waals surface area contributed by atoms with E-state index in [1.54, 1.807) is 0 Å². The molecule has 19 heavy (non-hydrogen) atoms. The molecule has 1 unspecified atom stereocenters. The van der Waals surface area contributed by atoms with Crippen LogP contribution < -0.4 is 5.73 Å². The molecule has 0 aromatic rings. The molecule has 112 valence electrons. The van der Waals surface area contributed by atoms with Gasteiger partial charge in [0.05, 0.1) is 13.7 Å². The molecule has 5 nitrogen and oxygen atoms in total. The van der Waals surface area contributed by atoms with Gasteiger partial charge in [0.25, 0.3) is 0 Å². The number of carbonyl (C=O) groups is 2. The van der Waals surface area contributed by atoms with Crippen LogP contribution in [-0.4, -0.2) is 32.2 Å². The number of carbonyl (C=O) groups excluding carboxylic acids is 2. The fourth-order valence-electron chi connectivity index (χ4n) is 1.88. The van der Waals surface area contributed by atoms with Crippen LogP contribution in [-0.2, 0) is 19.1 Å². The Morgan fingerprint density at radius 3 is 2.37 bits per heavy atom. The molecule has 0 bridgehead atoms. The minimum Gasteiger partial charge on any atom is -0.469 e. The maximum Gasteiger partial charge on any atom is 0.306 e. The van der Waals surface area contributed by atoms with E-state index in [4.69, 9.17) is 10.5 Å². The number of esters is 2. The predicted octanol–water partition coefficient (Wildman–Crippen LogP) is 1.88. The molecule has 0 radical (unpaired) electrons. The number of rotatable bonds is 10. The highest BCUT2D eigenvalue weighted by Gasteiger charge is 2.14. The Kier molecular flexibility index (Phi) is 10.2. The molecule has 0 aliphatic carbocycles. The van der Waals surface area contributed by atoms with Gasteiger partial charge in [-0.2, -0.15) is 0 Å². The Balaban J connectivity index is 3.65. The highest BCUT2D eigenvalue weighted by atomic mass is 16.5.